The lowest BCUT2D eigenvalue weighted by Gasteiger charge is -2.32. The molecule has 1 saturated heterocycles. The number of nitrogens with zero attached hydrogens (tertiary/aromatic N) is 3. The molecule has 9 nitrogen and oxygen atoms in total. The number of aromatic amines is 1. The number of anilines is 1. The summed E-state index contributed by atoms with van der Waals surface area (Å²) in [6, 6.07) is 16.6. The minimum absolute atomic E-state index is 0.131. The number of rotatable bonds is 8. The van der Waals surface area contributed by atoms with E-state index in [9.17, 15) is 4.79 Å². The number of aromatic nitrogens is 2. The Kier molecular flexibility index (Phi) is 7.43. The molecule has 2 N–H and O–H groups in total. The molecular weight excluding hydrogens is 422 g/mol. The van der Waals surface area contributed by atoms with E-state index in [0.717, 1.165) is 31.6 Å². The molecule has 3 aromatic rings. The molecule has 1 aromatic heterocycles. The van der Waals surface area contributed by atoms with Crippen LogP contribution in [0.5, 0.6) is 17.4 Å². The Morgan fingerprint density at radius 3 is 2.52 bits per heavy atom. The van der Waals surface area contributed by atoms with E-state index in [2.05, 4.69) is 15.5 Å². The second-order valence-corrected chi connectivity index (χ2v) is 7.64. The summed E-state index contributed by atoms with van der Waals surface area (Å²) < 4.78 is 16.6. The highest BCUT2D eigenvalue weighted by atomic mass is 16.5. The van der Waals surface area contributed by atoms with Crippen molar-refractivity contribution < 1.29 is 19.0 Å². The number of H-pyrrole nitrogens is 1. The van der Waals surface area contributed by atoms with Gasteiger partial charge in [0.1, 0.15) is 18.1 Å². The number of carbonyl (C=O) groups excluding carboxylic acids is 1. The summed E-state index contributed by atoms with van der Waals surface area (Å²) in [5.41, 5.74) is 1.49. The predicted molar refractivity (Wildman–Crippen MR) is 125 cm³/mol. The number of hydrogen-bond acceptors (Lipinski definition) is 7. The number of hydrazine groups is 1. The normalized spacial score (nSPS) is 14.4. The zero-order chi connectivity index (χ0) is 23.0. The lowest BCUT2D eigenvalue weighted by molar-refractivity contribution is 0.0897. The molecule has 2 heterocycles. The maximum atomic E-state index is 13.4. The highest BCUT2D eigenvalue weighted by Crippen LogP contribution is 2.25. The van der Waals surface area contributed by atoms with Crippen LogP contribution in [-0.4, -0.2) is 61.5 Å². The average Bonchev–Trinajstić information content (AvgIpc) is 3.16. The lowest BCUT2D eigenvalue weighted by atomic mass is 10.2. The Balaban J connectivity index is 1.54. The van der Waals surface area contributed by atoms with Crippen LogP contribution in [0, 0.1) is 0 Å². The Morgan fingerprint density at radius 2 is 1.79 bits per heavy atom. The fourth-order valence-corrected chi connectivity index (χ4v) is 3.70. The van der Waals surface area contributed by atoms with Gasteiger partial charge in [0.2, 0.25) is 5.88 Å². The van der Waals surface area contributed by atoms with E-state index in [1.54, 1.807) is 31.4 Å². The Bertz CT molecular complexity index is 1030. The van der Waals surface area contributed by atoms with Gasteiger partial charge in [-0.2, -0.15) is 5.10 Å². The van der Waals surface area contributed by atoms with Crippen LogP contribution in [0.2, 0.25) is 0 Å². The third kappa shape index (κ3) is 5.63. The van der Waals surface area contributed by atoms with Crippen LogP contribution in [0.25, 0.3) is 0 Å². The summed E-state index contributed by atoms with van der Waals surface area (Å²) in [6.07, 6.45) is 0.935. The zero-order valence-electron chi connectivity index (χ0n) is 18.9. The van der Waals surface area contributed by atoms with Crippen molar-refractivity contribution in [1.29, 1.82) is 0 Å². The molecular formula is C24H29N5O4. The summed E-state index contributed by atoms with van der Waals surface area (Å²) in [7, 11) is 3.22. The first-order chi connectivity index (χ1) is 16.2. The average molecular weight is 452 g/mol. The summed E-state index contributed by atoms with van der Waals surface area (Å²) in [4.78, 5) is 13.4. The van der Waals surface area contributed by atoms with Gasteiger partial charge in [0.25, 0.3) is 5.91 Å². The molecule has 1 aliphatic rings. The maximum Gasteiger partial charge on any atom is 0.274 e. The topological polar surface area (TPSA) is 92.0 Å². The van der Waals surface area contributed by atoms with Gasteiger partial charge in [-0.3, -0.25) is 4.79 Å². The number of benzene rings is 2. The maximum absolute atomic E-state index is 13.4. The smallest absolute Gasteiger partial charge is 0.274 e. The number of ether oxygens (including phenoxy) is 3. The number of hydrogen-bond donors (Lipinski definition) is 2. The summed E-state index contributed by atoms with van der Waals surface area (Å²) >= 11 is 0. The van der Waals surface area contributed by atoms with Crippen molar-refractivity contribution in [1.82, 2.24) is 20.5 Å². The van der Waals surface area contributed by atoms with Crippen molar-refractivity contribution in [3.8, 4) is 17.4 Å². The first-order valence-electron chi connectivity index (χ1n) is 10.9. The number of nitrogens with one attached hydrogen (secondary N) is 2. The Labute approximate surface area is 193 Å². The molecule has 9 heteroatoms. The Hall–Kier alpha value is -3.56. The number of carbonyl (C=O) groups is 1. The SMILES string of the molecule is COc1cc(COc2cc(N(C(=O)c3ccccc3)N3CCCNCC3)n[nH]2)cc(OC)c1. The molecule has 4 rings (SSSR count). The molecule has 0 spiro atoms. The van der Waals surface area contributed by atoms with Crippen molar-refractivity contribution in [3.05, 3.63) is 65.7 Å². The van der Waals surface area contributed by atoms with Gasteiger partial charge in [-0.15, -0.1) is 0 Å². The predicted octanol–water partition coefficient (Wildman–Crippen LogP) is 2.86. The Morgan fingerprint density at radius 1 is 1.03 bits per heavy atom. The molecule has 0 saturated carbocycles. The van der Waals surface area contributed by atoms with Gasteiger partial charge in [0, 0.05) is 37.3 Å². The second-order valence-electron chi connectivity index (χ2n) is 7.64. The van der Waals surface area contributed by atoms with Crippen molar-refractivity contribution in [2.75, 3.05) is 45.4 Å². The van der Waals surface area contributed by atoms with Crippen LogP contribution >= 0.6 is 0 Å². The van der Waals surface area contributed by atoms with Crippen LogP contribution in [-0.2, 0) is 6.61 Å². The van der Waals surface area contributed by atoms with E-state index < -0.39 is 0 Å². The van der Waals surface area contributed by atoms with Gasteiger partial charge in [-0.25, -0.2) is 15.1 Å². The molecule has 33 heavy (non-hydrogen) atoms. The molecule has 0 atom stereocenters. The van der Waals surface area contributed by atoms with Gasteiger partial charge in [-0.1, -0.05) is 18.2 Å². The molecule has 2 aromatic carbocycles. The van der Waals surface area contributed by atoms with Crippen LogP contribution in [0.4, 0.5) is 5.82 Å². The molecule has 1 amide bonds. The molecule has 0 unspecified atom stereocenters. The monoisotopic (exact) mass is 451 g/mol. The van der Waals surface area contributed by atoms with E-state index in [-0.39, 0.29) is 12.5 Å². The van der Waals surface area contributed by atoms with Gasteiger partial charge < -0.3 is 19.5 Å². The van der Waals surface area contributed by atoms with E-state index in [1.165, 1.54) is 0 Å². The highest BCUT2D eigenvalue weighted by molar-refractivity contribution is 6.05. The molecule has 0 aliphatic carbocycles. The van der Waals surface area contributed by atoms with E-state index in [4.69, 9.17) is 14.2 Å². The minimum Gasteiger partial charge on any atom is -0.497 e. The first-order valence-corrected chi connectivity index (χ1v) is 10.9. The van der Waals surface area contributed by atoms with Crippen LogP contribution in [0.3, 0.4) is 0 Å². The largest absolute Gasteiger partial charge is 0.497 e. The lowest BCUT2D eigenvalue weighted by Crippen LogP contribution is -2.48. The van der Waals surface area contributed by atoms with E-state index in [1.807, 2.05) is 47.5 Å². The van der Waals surface area contributed by atoms with Gasteiger partial charge in [0.15, 0.2) is 5.82 Å². The molecule has 0 radical (unpaired) electrons. The summed E-state index contributed by atoms with van der Waals surface area (Å²) in [5, 5.41) is 14.3. The van der Waals surface area contributed by atoms with Crippen molar-refractivity contribution in [3.63, 3.8) is 0 Å². The van der Waals surface area contributed by atoms with Crippen LogP contribution < -0.4 is 24.5 Å². The van der Waals surface area contributed by atoms with E-state index >= 15 is 0 Å². The molecule has 1 fully saturated rings. The first kappa shape index (κ1) is 22.6. The zero-order valence-corrected chi connectivity index (χ0v) is 18.9. The fourth-order valence-electron chi connectivity index (χ4n) is 3.70. The van der Waals surface area contributed by atoms with Crippen LogP contribution in [0.15, 0.2) is 54.6 Å². The fraction of sp³-hybridized carbons (Fsp3) is 0.333. The quantitative estimate of drug-likeness (QED) is 0.544. The van der Waals surface area contributed by atoms with Crippen molar-refractivity contribution >= 4 is 11.7 Å². The third-order valence-electron chi connectivity index (χ3n) is 5.38. The van der Waals surface area contributed by atoms with Crippen molar-refractivity contribution in [2.24, 2.45) is 0 Å². The van der Waals surface area contributed by atoms with Crippen LogP contribution in [0.1, 0.15) is 22.3 Å². The summed E-state index contributed by atoms with van der Waals surface area (Å²) in [5.74, 6) is 2.20. The van der Waals surface area contributed by atoms with Gasteiger partial charge >= 0.3 is 0 Å². The van der Waals surface area contributed by atoms with Gasteiger partial charge in [0.05, 0.1) is 14.2 Å². The molecule has 1 aliphatic heterocycles. The minimum atomic E-state index is -0.131. The summed E-state index contributed by atoms with van der Waals surface area (Å²) in [6.45, 7) is 3.45. The molecule has 0 bridgehead atoms. The van der Waals surface area contributed by atoms with Crippen molar-refractivity contribution in [2.45, 2.75) is 13.0 Å². The number of methoxy groups -OCH3 is 2. The van der Waals surface area contributed by atoms with E-state index in [0.29, 0.717) is 35.3 Å². The van der Waals surface area contributed by atoms with Gasteiger partial charge in [-0.05, 0) is 42.8 Å². The highest BCUT2D eigenvalue weighted by Gasteiger charge is 2.27. The second kappa shape index (κ2) is 10.8. The standard InChI is InChI=1S/C24H29N5O4/c1-31-20-13-18(14-21(15-20)32-2)17-33-23-16-22(26-27-23)29(28-11-6-9-25-10-12-28)24(30)19-7-4-3-5-8-19/h3-5,7-8,13-16,25H,6,9-12,17H2,1-2H3,(H,26,27). The third-order valence-corrected chi connectivity index (χ3v) is 5.38. The number of amides is 1. The molecule has 174 valence electrons.